The van der Waals surface area contributed by atoms with Gasteiger partial charge in [-0.3, -0.25) is 4.79 Å². The van der Waals surface area contributed by atoms with Gasteiger partial charge in [-0.2, -0.15) is 0 Å². The average molecular weight is 338 g/mol. The van der Waals surface area contributed by atoms with E-state index in [4.69, 9.17) is 5.73 Å². The highest BCUT2D eigenvalue weighted by molar-refractivity contribution is 7.15. The Bertz CT molecular complexity index is 644. The number of aromatic nitrogens is 1. The number of thiazole rings is 1. The minimum Gasteiger partial charge on any atom is -0.316 e. The van der Waals surface area contributed by atoms with Crippen molar-refractivity contribution in [3.05, 3.63) is 46.5 Å². The van der Waals surface area contributed by atoms with E-state index in [9.17, 15) is 4.79 Å². The maximum absolute atomic E-state index is 12.2. The fraction of sp³-hybridized carbons (Fsp3) is 0.375. The molecule has 0 saturated carbocycles. The zero-order valence-electron chi connectivity index (χ0n) is 12.4. The van der Waals surface area contributed by atoms with Crippen LogP contribution < -0.4 is 11.1 Å². The Morgan fingerprint density at radius 2 is 2.14 bits per heavy atom. The molecule has 118 valence electrons. The molecular weight excluding hydrogens is 318 g/mol. The third-order valence-corrected chi connectivity index (χ3v) is 4.89. The van der Waals surface area contributed by atoms with Gasteiger partial charge in [-0.15, -0.1) is 23.7 Å². The lowest BCUT2D eigenvalue weighted by Crippen LogP contribution is -2.27. The van der Waals surface area contributed by atoms with Crippen molar-refractivity contribution in [1.29, 1.82) is 0 Å². The van der Waals surface area contributed by atoms with Gasteiger partial charge >= 0.3 is 0 Å². The smallest absolute Gasteiger partial charge is 0.247 e. The number of amides is 1. The number of aryl methyl sites for hydroxylation is 1. The first-order chi connectivity index (χ1) is 10.1. The summed E-state index contributed by atoms with van der Waals surface area (Å²) >= 11 is 1.58. The van der Waals surface area contributed by atoms with Crippen molar-refractivity contribution in [3.63, 3.8) is 0 Å². The monoisotopic (exact) mass is 337 g/mol. The maximum Gasteiger partial charge on any atom is 0.247 e. The molecule has 3 rings (SSSR count). The molecule has 1 aliphatic carbocycles. The molecule has 1 aromatic carbocycles. The Balaban J connectivity index is 0.00000176. The molecule has 2 aromatic rings. The summed E-state index contributed by atoms with van der Waals surface area (Å²) in [7, 11) is 0. The number of anilines is 1. The van der Waals surface area contributed by atoms with E-state index in [2.05, 4.69) is 17.2 Å². The van der Waals surface area contributed by atoms with Gasteiger partial charge in [0, 0.05) is 4.88 Å². The molecule has 0 spiro atoms. The van der Waals surface area contributed by atoms with E-state index in [-0.39, 0.29) is 18.3 Å². The van der Waals surface area contributed by atoms with E-state index < -0.39 is 6.04 Å². The summed E-state index contributed by atoms with van der Waals surface area (Å²) in [5, 5.41) is 3.53. The van der Waals surface area contributed by atoms with Crippen molar-refractivity contribution in [3.8, 4) is 0 Å². The lowest BCUT2D eigenvalue weighted by atomic mass is 9.93. The first kappa shape index (κ1) is 16.9. The fourth-order valence-electron chi connectivity index (χ4n) is 2.59. The van der Waals surface area contributed by atoms with Crippen LogP contribution in [0.15, 0.2) is 30.3 Å². The SMILES string of the molecule is CC1CCc2nc(NC(=O)C(N)c3ccccc3)sc2C1.Cl. The van der Waals surface area contributed by atoms with E-state index >= 15 is 0 Å². The first-order valence-electron chi connectivity index (χ1n) is 7.23. The molecule has 0 radical (unpaired) electrons. The maximum atomic E-state index is 12.2. The number of halogens is 1. The molecule has 22 heavy (non-hydrogen) atoms. The Morgan fingerprint density at radius 3 is 2.86 bits per heavy atom. The van der Waals surface area contributed by atoms with E-state index in [1.165, 1.54) is 11.3 Å². The van der Waals surface area contributed by atoms with E-state index in [1.54, 1.807) is 11.3 Å². The summed E-state index contributed by atoms with van der Waals surface area (Å²) in [5.41, 5.74) is 7.95. The normalized spacial score (nSPS) is 18.0. The van der Waals surface area contributed by atoms with Gasteiger partial charge in [0.1, 0.15) is 6.04 Å². The second kappa shape index (κ2) is 7.22. The van der Waals surface area contributed by atoms with Crippen molar-refractivity contribution in [2.75, 3.05) is 5.32 Å². The molecule has 1 heterocycles. The second-order valence-corrected chi connectivity index (χ2v) is 6.70. The molecule has 0 bridgehead atoms. The van der Waals surface area contributed by atoms with Crippen LogP contribution in [0.4, 0.5) is 5.13 Å². The molecule has 1 aliphatic rings. The van der Waals surface area contributed by atoms with E-state index in [1.807, 2.05) is 30.3 Å². The van der Waals surface area contributed by atoms with Crippen LogP contribution in [0, 0.1) is 5.92 Å². The predicted molar refractivity (Wildman–Crippen MR) is 92.6 cm³/mol. The van der Waals surface area contributed by atoms with Crippen LogP contribution in [0.25, 0.3) is 0 Å². The second-order valence-electron chi connectivity index (χ2n) is 5.61. The lowest BCUT2D eigenvalue weighted by molar-refractivity contribution is -0.117. The van der Waals surface area contributed by atoms with Crippen molar-refractivity contribution in [2.45, 2.75) is 32.2 Å². The molecule has 4 nitrogen and oxygen atoms in total. The van der Waals surface area contributed by atoms with Gasteiger partial charge in [-0.25, -0.2) is 4.98 Å². The summed E-state index contributed by atoms with van der Waals surface area (Å²) in [6.07, 6.45) is 3.24. The summed E-state index contributed by atoms with van der Waals surface area (Å²) in [4.78, 5) is 18.1. The summed E-state index contributed by atoms with van der Waals surface area (Å²) in [6.45, 7) is 2.26. The summed E-state index contributed by atoms with van der Waals surface area (Å²) < 4.78 is 0. The molecule has 3 N–H and O–H groups in total. The number of hydrogen-bond donors (Lipinski definition) is 2. The van der Waals surface area contributed by atoms with Gasteiger partial charge in [0.2, 0.25) is 5.91 Å². The molecule has 1 amide bonds. The number of carbonyl (C=O) groups is 1. The predicted octanol–water partition coefficient (Wildman–Crippen LogP) is 3.33. The number of nitrogens with two attached hydrogens (primary N) is 1. The minimum absolute atomic E-state index is 0. The van der Waals surface area contributed by atoms with E-state index in [0.29, 0.717) is 11.0 Å². The summed E-state index contributed by atoms with van der Waals surface area (Å²) in [6, 6.07) is 8.73. The number of rotatable bonds is 3. The molecule has 2 atom stereocenters. The zero-order chi connectivity index (χ0) is 14.8. The highest BCUT2D eigenvalue weighted by atomic mass is 35.5. The van der Waals surface area contributed by atoms with Crippen LogP contribution in [0.5, 0.6) is 0 Å². The van der Waals surface area contributed by atoms with Gasteiger partial charge in [-0.1, -0.05) is 37.3 Å². The molecule has 6 heteroatoms. The Labute approximate surface area is 140 Å². The van der Waals surface area contributed by atoms with Crippen molar-refractivity contribution in [1.82, 2.24) is 4.98 Å². The highest BCUT2D eigenvalue weighted by Gasteiger charge is 2.22. The highest BCUT2D eigenvalue weighted by Crippen LogP contribution is 2.32. The Kier molecular flexibility index (Phi) is 5.56. The van der Waals surface area contributed by atoms with E-state index in [0.717, 1.165) is 24.1 Å². The van der Waals surface area contributed by atoms with Crippen LogP contribution in [-0.2, 0) is 17.6 Å². The lowest BCUT2D eigenvalue weighted by Gasteiger charge is -2.15. The number of fused-ring (bicyclic) bond motifs is 1. The van der Waals surface area contributed by atoms with Gasteiger partial charge < -0.3 is 11.1 Å². The number of nitrogens with zero attached hydrogens (tertiary/aromatic N) is 1. The topological polar surface area (TPSA) is 68.0 Å². The number of nitrogens with one attached hydrogen (secondary N) is 1. The van der Waals surface area contributed by atoms with Crippen molar-refractivity contribution >= 4 is 34.8 Å². The fourth-order valence-corrected chi connectivity index (χ4v) is 3.76. The third kappa shape index (κ3) is 3.66. The van der Waals surface area contributed by atoms with Crippen LogP contribution in [0.1, 0.15) is 35.5 Å². The van der Waals surface area contributed by atoms with Crippen LogP contribution >= 0.6 is 23.7 Å². The standard InChI is InChI=1S/C16H19N3OS.ClH/c1-10-7-8-12-13(9-10)21-16(18-12)19-15(20)14(17)11-5-3-2-4-6-11;/h2-6,10,14H,7-9,17H2,1H3,(H,18,19,20);1H. The molecule has 2 unspecified atom stereocenters. The van der Waals surface area contributed by atoms with Gasteiger partial charge in [0.05, 0.1) is 5.69 Å². The first-order valence-corrected chi connectivity index (χ1v) is 8.05. The average Bonchev–Trinajstić information content (AvgIpc) is 2.88. The molecule has 0 aliphatic heterocycles. The van der Waals surface area contributed by atoms with Gasteiger partial charge in [0.15, 0.2) is 5.13 Å². The van der Waals surface area contributed by atoms with Gasteiger partial charge in [0.25, 0.3) is 0 Å². The Morgan fingerprint density at radius 1 is 1.41 bits per heavy atom. The van der Waals surface area contributed by atoms with Crippen LogP contribution in [0.2, 0.25) is 0 Å². The number of benzene rings is 1. The summed E-state index contributed by atoms with van der Waals surface area (Å²) in [5.74, 6) is 0.494. The van der Waals surface area contributed by atoms with Crippen molar-refractivity contribution in [2.24, 2.45) is 11.7 Å². The van der Waals surface area contributed by atoms with Gasteiger partial charge in [-0.05, 0) is 30.7 Å². The van der Waals surface area contributed by atoms with Crippen LogP contribution in [-0.4, -0.2) is 10.9 Å². The molecule has 0 saturated heterocycles. The number of hydrogen-bond acceptors (Lipinski definition) is 4. The molecule has 1 aromatic heterocycles. The van der Waals surface area contributed by atoms with Crippen LogP contribution in [0.3, 0.4) is 0 Å². The third-order valence-electron chi connectivity index (χ3n) is 3.86. The molecular formula is C16H20ClN3OS. The van der Waals surface area contributed by atoms with Crippen molar-refractivity contribution < 1.29 is 4.79 Å². The quantitative estimate of drug-likeness (QED) is 0.902. The molecule has 0 fully saturated rings. The number of carbonyl (C=O) groups excluding carboxylic acids is 1. The zero-order valence-corrected chi connectivity index (χ0v) is 14.0. The Hall–Kier alpha value is -1.43. The largest absolute Gasteiger partial charge is 0.316 e. The minimum atomic E-state index is -0.661.